The molecule has 0 aliphatic carbocycles. The minimum atomic E-state index is -0.274. The summed E-state index contributed by atoms with van der Waals surface area (Å²) in [7, 11) is 0. The summed E-state index contributed by atoms with van der Waals surface area (Å²) in [4.78, 5) is 33.7. The summed E-state index contributed by atoms with van der Waals surface area (Å²) in [6.07, 6.45) is 4.71. The van der Waals surface area contributed by atoms with Crippen LogP contribution in [0.3, 0.4) is 0 Å². The highest BCUT2D eigenvalue weighted by molar-refractivity contribution is 9.10. The fourth-order valence-corrected chi connectivity index (χ4v) is 3.98. The first-order valence-corrected chi connectivity index (χ1v) is 11.5. The molecule has 1 aromatic carbocycles. The van der Waals surface area contributed by atoms with Crippen LogP contribution in [0.4, 0.5) is 0 Å². The Labute approximate surface area is 191 Å². The zero-order chi connectivity index (χ0) is 22.4. The first-order valence-electron chi connectivity index (χ1n) is 10.7. The number of carbonyl (C=O) groups is 2. The van der Waals surface area contributed by atoms with E-state index >= 15 is 0 Å². The third-order valence-corrected chi connectivity index (χ3v) is 5.79. The second-order valence-electron chi connectivity index (χ2n) is 8.22. The van der Waals surface area contributed by atoms with Gasteiger partial charge in [0.25, 0.3) is 0 Å². The fourth-order valence-electron chi connectivity index (χ4n) is 3.72. The number of aromatic nitrogens is 2. The summed E-state index contributed by atoms with van der Waals surface area (Å²) >= 11 is 3.42. The van der Waals surface area contributed by atoms with Crippen LogP contribution in [0, 0.1) is 5.92 Å². The number of halogens is 1. The van der Waals surface area contributed by atoms with Gasteiger partial charge in [-0.1, -0.05) is 41.0 Å². The van der Waals surface area contributed by atoms with Crippen LogP contribution in [0.5, 0.6) is 0 Å². The SMILES string of the molecule is C=CCN(CC(=O)N1CCCCC1c1nc(-c2ccc(Br)cc2)no1)C(=O)CC(C)C. The number of nitrogens with zero attached hydrogens (tertiary/aromatic N) is 4. The van der Waals surface area contributed by atoms with Crippen molar-refractivity contribution in [2.24, 2.45) is 5.92 Å². The number of rotatable bonds is 8. The van der Waals surface area contributed by atoms with Gasteiger partial charge >= 0.3 is 0 Å². The van der Waals surface area contributed by atoms with Gasteiger partial charge in [0.1, 0.15) is 12.6 Å². The van der Waals surface area contributed by atoms with E-state index in [9.17, 15) is 9.59 Å². The number of hydrogen-bond donors (Lipinski definition) is 0. The lowest BCUT2D eigenvalue weighted by Crippen LogP contribution is -2.46. The Hall–Kier alpha value is -2.48. The number of likely N-dealkylation sites (tertiary alicyclic amines) is 1. The van der Waals surface area contributed by atoms with Gasteiger partial charge < -0.3 is 14.3 Å². The maximum Gasteiger partial charge on any atom is 0.249 e. The Kier molecular flexibility index (Phi) is 8.01. The second kappa shape index (κ2) is 10.7. The standard InChI is InChI=1S/C23H29BrN4O3/c1-4-12-27(20(29)14-16(2)3)15-21(30)28-13-6-5-7-19(28)23-25-22(26-31-23)17-8-10-18(24)11-9-17/h4,8-11,16,19H,1,5-7,12-15H2,2-3H3. The van der Waals surface area contributed by atoms with E-state index in [1.54, 1.807) is 15.9 Å². The molecule has 2 amide bonds. The van der Waals surface area contributed by atoms with E-state index in [-0.39, 0.29) is 30.3 Å². The van der Waals surface area contributed by atoms with E-state index in [0.29, 0.717) is 31.2 Å². The molecule has 3 rings (SSSR count). The van der Waals surface area contributed by atoms with Gasteiger partial charge in [-0.3, -0.25) is 9.59 Å². The van der Waals surface area contributed by atoms with Crippen LogP contribution in [-0.2, 0) is 9.59 Å². The molecule has 0 N–H and O–H groups in total. The molecule has 7 nitrogen and oxygen atoms in total. The Morgan fingerprint density at radius 3 is 2.74 bits per heavy atom. The lowest BCUT2D eigenvalue weighted by atomic mass is 10.0. The number of piperidine rings is 1. The molecule has 31 heavy (non-hydrogen) atoms. The van der Waals surface area contributed by atoms with Gasteiger partial charge in [0, 0.05) is 29.5 Å². The summed E-state index contributed by atoms with van der Waals surface area (Å²) in [5, 5.41) is 4.12. The van der Waals surface area contributed by atoms with Crippen LogP contribution < -0.4 is 0 Å². The Morgan fingerprint density at radius 2 is 2.06 bits per heavy atom. The third kappa shape index (κ3) is 6.03. The molecule has 1 saturated heterocycles. The second-order valence-corrected chi connectivity index (χ2v) is 9.14. The van der Waals surface area contributed by atoms with Crippen molar-refractivity contribution in [2.45, 2.75) is 45.6 Å². The normalized spacial score (nSPS) is 16.4. The predicted molar refractivity (Wildman–Crippen MR) is 122 cm³/mol. The van der Waals surface area contributed by atoms with Gasteiger partial charge in [-0.05, 0) is 49.4 Å². The highest BCUT2D eigenvalue weighted by atomic mass is 79.9. The minimum absolute atomic E-state index is 0.0295. The molecule has 1 aromatic heterocycles. The largest absolute Gasteiger partial charge is 0.337 e. The first kappa shape index (κ1) is 23.2. The molecule has 1 atom stereocenters. The van der Waals surface area contributed by atoms with E-state index in [2.05, 4.69) is 32.6 Å². The number of benzene rings is 1. The van der Waals surface area contributed by atoms with Crippen LogP contribution in [0.1, 0.15) is 51.5 Å². The van der Waals surface area contributed by atoms with E-state index in [1.807, 2.05) is 38.1 Å². The van der Waals surface area contributed by atoms with Crippen LogP contribution in [0.15, 0.2) is 45.9 Å². The maximum absolute atomic E-state index is 13.2. The van der Waals surface area contributed by atoms with Crippen molar-refractivity contribution >= 4 is 27.7 Å². The summed E-state index contributed by atoms with van der Waals surface area (Å²) in [5.41, 5.74) is 0.850. The molecule has 0 radical (unpaired) electrons. The highest BCUT2D eigenvalue weighted by Gasteiger charge is 2.33. The van der Waals surface area contributed by atoms with Crippen molar-refractivity contribution in [3.05, 3.63) is 47.3 Å². The zero-order valence-corrected chi connectivity index (χ0v) is 19.7. The lowest BCUT2D eigenvalue weighted by Gasteiger charge is -2.35. The molecule has 2 aromatic rings. The summed E-state index contributed by atoms with van der Waals surface area (Å²) in [6, 6.07) is 7.39. The van der Waals surface area contributed by atoms with Gasteiger partial charge in [-0.15, -0.1) is 6.58 Å². The summed E-state index contributed by atoms with van der Waals surface area (Å²) in [6.45, 7) is 8.70. The molecule has 0 saturated carbocycles. The van der Waals surface area contributed by atoms with Gasteiger partial charge in [-0.25, -0.2) is 0 Å². The molecule has 0 bridgehead atoms. The van der Waals surface area contributed by atoms with Gasteiger partial charge in [-0.2, -0.15) is 4.98 Å². The molecule has 2 heterocycles. The number of amides is 2. The quantitative estimate of drug-likeness (QED) is 0.506. The Bertz CT molecular complexity index is 910. The third-order valence-electron chi connectivity index (χ3n) is 5.26. The van der Waals surface area contributed by atoms with Crippen LogP contribution in [-0.4, -0.2) is 51.4 Å². The number of hydrogen-bond acceptors (Lipinski definition) is 5. The Morgan fingerprint density at radius 1 is 1.32 bits per heavy atom. The van der Waals surface area contributed by atoms with Crippen molar-refractivity contribution < 1.29 is 14.1 Å². The van der Waals surface area contributed by atoms with Crippen molar-refractivity contribution in [3.63, 3.8) is 0 Å². The van der Waals surface area contributed by atoms with Gasteiger partial charge in [0.15, 0.2) is 0 Å². The highest BCUT2D eigenvalue weighted by Crippen LogP contribution is 2.31. The van der Waals surface area contributed by atoms with Gasteiger partial charge in [0.2, 0.25) is 23.5 Å². The average molecular weight is 489 g/mol. The van der Waals surface area contributed by atoms with E-state index in [0.717, 1.165) is 29.3 Å². The monoisotopic (exact) mass is 488 g/mol. The predicted octanol–water partition coefficient (Wildman–Crippen LogP) is 4.61. The van der Waals surface area contributed by atoms with Crippen LogP contribution in [0.25, 0.3) is 11.4 Å². The molecule has 0 spiro atoms. The fraction of sp³-hybridized carbons (Fsp3) is 0.478. The molecule has 1 unspecified atom stereocenters. The van der Waals surface area contributed by atoms with Crippen molar-refractivity contribution in [3.8, 4) is 11.4 Å². The molecule has 166 valence electrons. The average Bonchev–Trinajstić information content (AvgIpc) is 3.23. The summed E-state index contributed by atoms with van der Waals surface area (Å²) < 4.78 is 6.53. The van der Waals surface area contributed by atoms with E-state index in [4.69, 9.17) is 4.52 Å². The van der Waals surface area contributed by atoms with E-state index < -0.39 is 0 Å². The topological polar surface area (TPSA) is 79.5 Å². The molecule has 1 aliphatic rings. The molecular formula is C23H29BrN4O3. The minimum Gasteiger partial charge on any atom is -0.337 e. The smallest absolute Gasteiger partial charge is 0.249 e. The molecule has 1 fully saturated rings. The van der Waals surface area contributed by atoms with Crippen LogP contribution >= 0.6 is 15.9 Å². The number of carbonyl (C=O) groups excluding carboxylic acids is 2. The van der Waals surface area contributed by atoms with Crippen molar-refractivity contribution in [2.75, 3.05) is 19.6 Å². The van der Waals surface area contributed by atoms with Crippen LogP contribution in [0.2, 0.25) is 0 Å². The molecular weight excluding hydrogens is 460 g/mol. The Balaban J connectivity index is 1.75. The van der Waals surface area contributed by atoms with Crippen molar-refractivity contribution in [1.29, 1.82) is 0 Å². The maximum atomic E-state index is 13.2. The summed E-state index contributed by atoms with van der Waals surface area (Å²) in [5.74, 6) is 1.03. The molecule has 8 heteroatoms. The zero-order valence-electron chi connectivity index (χ0n) is 18.1. The van der Waals surface area contributed by atoms with Gasteiger partial charge in [0.05, 0.1) is 0 Å². The van der Waals surface area contributed by atoms with Crippen molar-refractivity contribution in [1.82, 2.24) is 19.9 Å². The first-order chi connectivity index (χ1) is 14.9. The van der Waals surface area contributed by atoms with E-state index in [1.165, 1.54) is 0 Å². The molecule has 1 aliphatic heterocycles. The lowest BCUT2D eigenvalue weighted by molar-refractivity contribution is -0.143.